The van der Waals surface area contributed by atoms with Crippen LogP contribution in [0.5, 0.6) is 0 Å². The molecule has 1 nitrogen and oxygen atoms in total. The third-order valence-corrected chi connectivity index (χ3v) is 1.94. The molecule has 1 saturated heterocycles. The molecule has 0 saturated carbocycles. The van der Waals surface area contributed by atoms with E-state index in [1.807, 2.05) is 0 Å². The summed E-state index contributed by atoms with van der Waals surface area (Å²) in [5.74, 6) is 0.749. The largest absolute Gasteiger partial charge is 0.297 e. The van der Waals surface area contributed by atoms with Crippen LogP contribution in [0.25, 0.3) is 0 Å². The second-order valence-corrected chi connectivity index (χ2v) is 3.54. The molecule has 0 radical (unpaired) electrons. The molecule has 0 spiro atoms. The quantitative estimate of drug-likeness (QED) is 0.584. The number of nitrogens with zero attached hydrogens (tertiary/aromatic N) is 1. The van der Waals surface area contributed by atoms with Gasteiger partial charge in [-0.25, -0.2) is 4.39 Å². The van der Waals surface area contributed by atoms with E-state index >= 15 is 0 Å². The molecule has 10 heavy (non-hydrogen) atoms. The lowest BCUT2D eigenvalue weighted by Crippen LogP contribution is -2.48. The van der Waals surface area contributed by atoms with Gasteiger partial charge in [-0.1, -0.05) is 13.8 Å². The van der Waals surface area contributed by atoms with Gasteiger partial charge in [0.2, 0.25) is 0 Å². The van der Waals surface area contributed by atoms with E-state index in [9.17, 15) is 4.39 Å². The summed E-state index contributed by atoms with van der Waals surface area (Å²) in [6.45, 7) is 6.83. The number of rotatable bonds is 3. The maximum Gasteiger partial charge on any atom is 0.125 e. The lowest BCUT2D eigenvalue weighted by atomic mass is 10.1. The molecule has 1 rings (SSSR count). The number of likely N-dealkylation sites (tertiary alicyclic amines) is 1. The molecular formula is C8H16FN. The predicted octanol–water partition coefficient (Wildman–Crippen LogP) is 1.69. The van der Waals surface area contributed by atoms with Crippen LogP contribution in [0.1, 0.15) is 20.3 Å². The van der Waals surface area contributed by atoms with Gasteiger partial charge >= 0.3 is 0 Å². The first-order valence-electron chi connectivity index (χ1n) is 4.05. The summed E-state index contributed by atoms with van der Waals surface area (Å²) >= 11 is 0. The molecule has 60 valence electrons. The molecule has 0 bridgehead atoms. The highest BCUT2D eigenvalue weighted by atomic mass is 19.1. The molecule has 1 fully saturated rings. The van der Waals surface area contributed by atoms with Crippen LogP contribution < -0.4 is 0 Å². The van der Waals surface area contributed by atoms with Crippen LogP contribution in [0.3, 0.4) is 0 Å². The summed E-state index contributed by atoms with van der Waals surface area (Å²) in [7, 11) is 0. The van der Waals surface area contributed by atoms with E-state index in [1.54, 1.807) is 0 Å². The van der Waals surface area contributed by atoms with Crippen LogP contribution in [0, 0.1) is 5.92 Å². The summed E-state index contributed by atoms with van der Waals surface area (Å²) < 4.78 is 12.3. The van der Waals surface area contributed by atoms with Crippen LogP contribution in [-0.4, -0.2) is 30.7 Å². The molecule has 0 amide bonds. The minimum Gasteiger partial charge on any atom is -0.297 e. The maximum absolute atomic E-state index is 12.3. The van der Waals surface area contributed by atoms with Gasteiger partial charge in [-0.05, 0) is 18.9 Å². The van der Waals surface area contributed by atoms with Crippen molar-refractivity contribution in [3.05, 3.63) is 0 Å². The summed E-state index contributed by atoms with van der Waals surface area (Å²) in [5.41, 5.74) is 0. The average molecular weight is 145 g/mol. The number of halogens is 1. The predicted molar refractivity (Wildman–Crippen MR) is 40.8 cm³/mol. The summed E-state index contributed by atoms with van der Waals surface area (Å²) in [5, 5.41) is 0. The SMILES string of the molecule is CC(C)CCN1CC(F)C1. The maximum atomic E-state index is 12.3. The van der Waals surface area contributed by atoms with Crippen LogP contribution in [0.2, 0.25) is 0 Å². The number of alkyl halides is 1. The first-order valence-corrected chi connectivity index (χ1v) is 4.05. The van der Waals surface area contributed by atoms with Crippen LogP contribution in [0.4, 0.5) is 4.39 Å². The fraction of sp³-hybridized carbons (Fsp3) is 1.00. The van der Waals surface area contributed by atoms with E-state index in [4.69, 9.17) is 0 Å². The first-order chi connectivity index (χ1) is 4.68. The van der Waals surface area contributed by atoms with Crippen LogP contribution >= 0.6 is 0 Å². The highest BCUT2D eigenvalue weighted by molar-refractivity contribution is 4.78. The van der Waals surface area contributed by atoms with Gasteiger partial charge in [-0.15, -0.1) is 0 Å². The molecule has 1 aliphatic rings. The minimum absolute atomic E-state index is 0.535. The lowest BCUT2D eigenvalue weighted by molar-refractivity contribution is 0.0619. The van der Waals surface area contributed by atoms with Gasteiger partial charge in [0.1, 0.15) is 6.17 Å². The second kappa shape index (κ2) is 3.33. The van der Waals surface area contributed by atoms with Gasteiger partial charge in [0.25, 0.3) is 0 Å². The smallest absolute Gasteiger partial charge is 0.125 e. The Bertz CT molecular complexity index is 97.4. The third-order valence-electron chi connectivity index (χ3n) is 1.94. The van der Waals surface area contributed by atoms with Crippen LogP contribution in [0.15, 0.2) is 0 Å². The van der Waals surface area contributed by atoms with E-state index in [0.717, 1.165) is 12.5 Å². The summed E-state index contributed by atoms with van der Waals surface area (Å²) in [6.07, 6.45) is 0.666. The Kier molecular flexibility index (Phi) is 2.66. The van der Waals surface area contributed by atoms with E-state index in [0.29, 0.717) is 13.1 Å². The zero-order valence-corrected chi connectivity index (χ0v) is 6.81. The van der Waals surface area contributed by atoms with Gasteiger partial charge in [-0.2, -0.15) is 0 Å². The van der Waals surface area contributed by atoms with E-state index in [2.05, 4.69) is 18.7 Å². The molecule has 0 aromatic carbocycles. The highest BCUT2D eigenvalue weighted by Gasteiger charge is 2.25. The van der Waals surface area contributed by atoms with Crippen molar-refractivity contribution in [1.82, 2.24) is 4.90 Å². The monoisotopic (exact) mass is 145 g/mol. The first kappa shape index (κ1) is 7.99. The van der Waals surface area contributed by atoms with Gasteiger partial charge in [0.15, 0.2) is 0 Å². The van der Waals surface area contributed by atoms with Gasteiger partial charge in [0, 0.05) is 13.1 Å². The molecule has 0 atom stereocenters. The molecular weight excluding hydrogens is 129 g/mol. The Morgan fingerprint density at radius 1 is 1.50 bits per heavy atom. The van der Waals surface area contributed by atoms with E-state index < -0.39 is 6.17 Å². The lowest BCUT2D eigenvalue weighted by Gasteiger charge is -2.34. The number of hydrogen-bond acceptors (Lipinski definition) is 1. The fourth-order valence-corrected chi connectivity index (χ4v) is 1.13. The van der Waals surface area contributed by atoms with Crippen molar-refractivity contribution in [2.24, 2.45) is 5.92 Å². The van der Waals surface area contributed by atoms with Crippen molar-refractivity contribution >= 4 is 0 Å². The standard InChI is InChI=1S/C8H16FN/c1-7(2)3-4-10-5-8(9)6-10/h7-8H,3-6H2,1-2H3. The number of hydrogen-bond donors (Lipinski definition) is 0. The van der Waals surface area contributed by atoms with Crippen molar-refractivity contribution in [1.29, 1.82) is 0 Å². The normalized spacial score (nSPS) is 21.6. The Hall–Kier alpha value is -0.110. The summed E-state index contributed by atoms with van der Waals surface area (Å²) in [6, 6.07) is 0. The molecule has 0 aromatic heterocycles. The summed E-state index contributed by atoms with van der Waals surface area (Å²) in [4.78, 5) is 2.17. The van der Waals surface area contributed by atoms with Crippen LogP contribution in [-0.2, 0) is 0 Å². The molecule has 2 heteroatoms. The Morgan fingerprint density at radius 3 is 2.50 bits per heavy atom. The van der Waals surface area contributed by atoms with Gasteiger partial charge in [-0.3, -0.25) is 4.90 Å². The molecule has 1 heterocycles. The molecule has 0 aromatic rings. The van der Waals surface area contributed by atoms with Gasteiger partial charge < -0.3 is 0 Å². The molecule has 1 aliphatic heterocycles. The van der Waals surface area contributed by atoms with Gasteiger partial charge in [0.05, 0.1) is 0 Å². The van der Waals surface area contributed by atoms with Crippen molar-refractivity contribution in [3.63, 3.8) is 0 Å². The fourth-order valence-electron chi connectivity index (χ4n) is 1.13. The molecule has 0 N–H and O–H groups in total. The second-order valence-electron chi connectivity index (χ2n) is 3.54. The molecule has 0 aliphatic carbocycles. The van der Waals surface area contributed by atoms with E-state index in [-0.39, 0.29) is 0 Å². The zero-order valence-electron chi connectivity index (χ0n) is 6.81. The average Bonchev–Trinajstić information content (AvgIpc) is 1.77. The third kappa shape index (κ3) is 2.25. The van der Waals surface area contributed by atoms with Crippen molar-refractivity contribution in [3.8, 4) is 0 Å². The highest BCUT2D eigenvalue weighted by Crippen LogP contribution is 2.12. The minimum atomic E-state index is -0.535. The Balaban J connectivity index is 1.95. The van der Waals surface area contributed by atoms with Crippen molar-refractivity contribution in [2.75, 3.05) is 19.6 Å². The van der Waals surface area contributed by atoms with E-state index in [1.165, 1.54) is 6.42 Å². The topological polar surface area (TPSA) is 3.24 Å². The Morgan fingerprint density at radius 2 is 2.10 bits per heavy atom. The zero-order chi connectivity index (χ0) is 7.56. The Labute approximate surface area is 62.2 Å². The van der Waals surface area contributed by atoms with Crippen molar-refractivity contribution < 1.29 is 4.39 Å². The molecule has 0 unspecified atom stereocenters. The van der Waals surface area contributed by atoms with Crippen molar-refractivity contribution in [2.45, 2.75) is 26.4 Å².